The first-order chi connectivity index (χ1) is 7.45. The molecule has 0 aliphatic rings. The molecule has 0 aliphatic carbocycles. The summed E-state index contributed by atoms with van der Waals surface area (Å²) in [5.74, 6) is 0. The van der Waals surface area contributed by atoms with Crippen LogP contribution in [0, 0.1) is 11.3 Å². The molecule has 0 spiro atoms. The molecule has 0 amide bonds. The quantitative estimate of drug-likeness (QED) is 0.919. The van der Waals surface area contributed by atoms with E-state index in [0.29, 0.717) is 0 Å². The van der Waals surface area contributed by atoms with Gasteiger partial charge in [0.15, 0.2) is 0 Å². The predicted molar refractivity (Wildman–Crippen MR) is 70.2 cm³/mol. The Morgan fingerprint density at radius 3 is 2.75 bits per heavy atom. The minimum Gasteiger partial charge on any atom is -0.301 e. The molecule has 1 atom stereocenters. The normalized spacial score (nSPS) is 13.2. The largest absolute Gasteiger partial charge is 0.301 e. The van der Waals surface area contributed by atoms with E-state index >= 15 is 0 Å². The van der Waals surface area contributed by atoms with E-state index in [2.05, 4.69) is 53.3 Å². The van der Waals surface area contributed by atoms with Crippen LogP contribution in [0.15, 0.2) is 28.7 Å². The van der Waals surface area contributed by atoms with Crippen LogP contribution in [-0.4, -0.2) is 12.6 Å². The topological polar surface area (TPSA) is 35.8 Å². The molecule has 0 aromatic heterocycles. The van der Waals surface area contributed by atoms with Gasteiger partial charge in [0.05, 0.1) is 12.1 Å². The van der Waals surface area contributed by atoms with E-state index < -0.39 is 0 Å². The van der Waals surface area contributed by atoms with Gasteiger partial charge >= 0.3 is 0 Å². The van der Waals surface area contributed by atoms with Crippen molar-refractivity contribution in [1.29, 1.82) is 5.26 Å². The van der Waals surface area contributed by atoms with Crippen LogP contribution in [-0.2, 0) is 5.41 Å². The molecule has 1 rings (SSSR count). The molecule has 0 aliphatic heterocycles. The monoisotopic (exact) mass is 280 g/mol. The van der Waals surface area contributed by atoms with Gasteiger partial charge in [-0.15, -0.1) is 0 Å². The molecular weight excluding hydrogens is 264 g/mol. The maximum atomic E-state index is 8.73. The summed E-state index contributed by atoms with van der Waals surface area (Å²) in [6.45, 7) is 7.01. The van der Waals surface area contributed by atoms with Crippen molar-refractivity contribution in [3.05, 3.63) is 34.3 Å². The molecular formula is C13H17BrN2. The zero-order chi connectivity index (χ0) is 12.2. The molecule has 1 aromatic rings. The highest BCUT2D eigenvalue weighted by atomic mass is 79.9. The second-order valence-electron chi connectivity index (χ2n) is 4.63. The van der Waals surface area contributed by atoms with E-state index in [-0.39, 0.29) is 11.5 Å². The molecule has 1 N–H and O–H groups in total. The van der Waals surface area contributed by atoms with Crippen LogP contribution >= 0.6 is 15.9 Å². The Morgan fingerprint density at radius 1 is 1.50 bits per heavy atom. The lowest BCUT2D eigenvalue weighted by molar-refractivity contribution is 0.457. The molecule has 0 radical (unpaired) electrons. The van der Waals surface area contributed by atoms with E-state index in [1.165, 1.54) is 5.56 Å². The molecule has 0 saturated heterocycles. The van der Waals surface area contributed by atoms with Gasteiger partial charge in [0.1, 0.15) is 0 Å². The molecule has 16 heavy (non-hydrogen) atoms. The maximum Gasteiger partial charge on any atom is 0.0924 e. The third-order valence-corrected chi connectivity index (χ3v) is 3.14. The summed E-state index contributed by atoms with van der Waals surface area (Å²) in [6.07, 6.45) is 0. The number of nitriles is 1. The van der Waals surface area contributed by atoms with E-state index in [1.807, 2.05) is 19.1 Å². The van der Waals surface area contributed by atoms with Gasteiger partial charge in [0.25, 0.3) is 0 Å². The molecule has 1 unspecified atom stereocenters. The lowest BCUT2D eigenvalue weighted by Gasteiger charge is -2.26. The number of hydrogen-bond acceptors (Lipinski definition) is 2. The van der Waals surface area contributed by atoms with Crippen LogP contribution in [0.5, 0.6) is 0 Å². The zero-order valence-corrected chi connectivity index (χ0v) is 11.5. The zero-order valence-electron chi connectivity index (χ0n) is 9.92. The summed E-state index contributed by atoms with van der Waals surface area (Å²) in [6, 6.07) is 10.4. The smallest absolute Gasteiger partial charge is 0.0924 e. The third kappa shape index (κ3) is 3.62. The fraction of sp³-hybridized carbons (Fsp3) is 0.462. The minimum absolute atomic E-state index is 0.0227. The maximum absolute atomic E-state index is 8.73. The fourth-order valence-electron chi connectivity index (χ4n) is 1.47. The van der Waals surface area contributed by atoms with E-state index in [1.54, 1.807) is 0 Å². The number of nitrogens with zero attached hydrogens (tertiary/aromatic N) is 1. The highest BCUT2D eigenvalue weighted by Gasteiger charge is 2.21. The summed E-state index contributed by atoms with van der Waals surface area (Å²) in [5.41, 5.74) is 1.29. The second-order valence-corrected chi connectivity index (χ2v) is 5.54. The first-order valence-electron chi connectivity index (χ1n) is 5.35. The summed E-state index contributed by atoms with van der Waals surface area (Å²) < 4.78 is 1.09. The molecule has 0 saturated carbocycles. The van der Waals surface area contributed by atoms with Crippen LogP contribution in [0.2, 0.25) is 0 Å². The average Bonchev–Trinajstić information content (AvgIpc) is 2.26. The Kier molecular flexibility index (Phi) is 4.52. The van der Waals surface area contributed by atoms with Gasteiger partial charge in [-0.3, -0.25) is 0 Å². The van der Waals surface area contributed by atoms with Gasteiger partial charge < -0.3 is 5.32 Å². The van der Waals surface area contributed by atoms with E-state index in [4.69, 9.17) is 5.26 Å². The van der Waals surface area contributed by atoms with Crippen molar-refractivity contribution < 1.29 is 0 Å². The number of hydrogen-bond donors (Lipinski definition) is 1. The van der Waals surface area contributed by atoms with E-state index in [0.717, 1.165) is 11.0 Å². The number of rotatable bonds is 4. The molecule has 86 valence electrons. The summed E-state index contributed by atoms with van der Waals surface area (Å²) >= 11 is 3.48. The van der Waals surface area contributed by atoms with Gasteiger partial charge in [-0.1, -0.05) is 41.9 Å². The van der Waals surface area contributed by atoms with Crippen molar-refractivity contribution >= 4 is 15.9 Å². The van der Waals surface area contributed by atoms with Crippen LogP contribution < -0.4 is 5.32 Å². The first-order valence-corrected chi connectivity index (χ1v) is 6.14. The van der Waals surface area contributed by atoms with Gasteiger partial charge in [-0.2, -0.15) is 5.26 Å². The lowest BCUT2D eigenvalue weighted by Crippen LogP contribution is -2.37. The minimum atomic E-state index is -0.105. The van der Waals surface area contributed by atoms with Crippen LogP contribution in [0.3, 0.4) is 0 Å². The van der Waals surface area contributed by atoms with Gasteiger partial charge in [-0.05, 0) is 24.6 Å². The van der Waals surface area contributed by atoms with E-state index in [9.17, 15) is 0 Å². The number of benzene rings is 1. The average molecular weight is 281 g/mol. The van der Waals surface area contributed by atoms with Crippen LogP contribution in [0.1, 0.15) is 26.3 Å². The van der Waals surface area contributed by atoms with Gasteiger partial charge in [0.2, 0.25) is 0 Å². The first kappa shape index (κ1) is 13.2. The Hall–Kier alpha value is -0.850. The Balaban J connectivity index is 2.74. The summed E-state index contributed by atoms with van der Waals surface area (Å²) in [5, 5.41) is 11.9. The Labute approximate surface area is 106 Å². The van der Waals surface area contributed by atoms with Gasteiger partial charge in [-0.25, -0.2) is 0 Å². The molecule has 0 heterocycles. The number of halogens is 1. The Bertz CT molecular complexity index is 393. The predicted octanol–water partition coefficient (Wildman–Crippen LogP) is 3.23. The molecule has 0 bridgehead atoms. The van der Waals surface area contributed by atoms with Crippen LogP contribution in [0.4, 0.5) is 0 Å². The number of nitrogens with one attached hydrogen (secondary N) is 1. The SMILES string of the molecule is CC(C#N)NCC(C)(C)c1cccc(Br)c1. The Morgan fingerprint density at radius 2 is 2.19 bits per heavy atom. The van der Waals surface area contributed by atoms with Crippen molar-refractivity contribution in [3.63, 3.8) is 0 Å². The van der Waals surface area contributed by atoms with Crippen molar-refractivity contribution in [3.8, 4) is 6.07 Å². The second kappa shape index (κ2) is 5.47. The van der Waals surface area contributed by atoms with Crippen molar-refractivity contribution in [2.45, 2.75) is 32.2 Å². The highest BCUT2D eigenvalue weighted by molar-refractivity contribution is 9.10. The van der Waals surface area contributed by atoms with Gasteiger partial charge in [0, 0.05) is 16.4 Å². The molecule has 0 fully saturated rings. The standard InChI is InChI=1S/C13H17BrN2/c1-10(8-15)16-9-13(2,3)11-5-4-6-12(14)7-11/h4-7,10,16H,9H2,1-3H3. The fourth-order valence-corrected chi connectivity index (χ4v) is 1.86. The van der Waals surface area contributed by atoms with Crippen molar-refractivity contribution in [1.82, 2.24) is 5.32 Å². The molecule has 1 aromatic carbocycles. The summed E-state index contributed by atoms with van der Waals surface area (Å²) in [7, 11) is 0. The summed E-state index contributed by atoms with van der Waals surface area (Å²) in [4.78, 5) is 0. The van der Waals surface area contributed by atoms with Crippen molar-refractivity contribution in [2.24, 2.45) is 0 Å². The molecule has 2 nitrogen and oxygen atoms in total. The van der Waals surface area contributed by atoms with Crippen LogP contribution in [0.25, 0.3) is 0 Å². The molecule has 3 heteroatoms. The third-order valence-electron chi connectivity index (χ3n) is 2.65. The highest BCUT2D eigenvalue weighted by Crippen LogP contribution is 2.25. The van der Waals surface area contributed by atoms with Crippen molar-refractivity contribution in [2.75, 3.05) is 6.54 Å². The lowest BCUT2D eigenvalue weighted by atomic mass is 9.84.